The number of benzene rings is 1. The Labute approximate surface area is 240 Å². The maximum atomic E-state index is 13.2. The average Bonchev–Trinajstić information content (AvgIpc) is 3.52. The van der Waals surface area contributed by atoms with Gasteiger partial charge in [-0.2, -0.15) is 0 Å². The van der Waals surface area contributed by atoms with E-state index in [2.05, 4.69) is 32.2 Å². The first-order valence-corrected chi connectivity index (χ1v) is 12.9. The number of nitrogens with one attached hydrogen (secondary N) is 3. The summed E-state index contributed by atoms with van der Waals surface area (Å²) < 4.78 is 10.0. The van der Waals surface area contributed by atoms with Crippen LogP contribution in [-0.2, 0) is 14.3 Å². The van der Waals surface area contributed by atoms with E-state index in [0.717, 1.165) is 12.0 Å². The van der Waals surface area contributed by atoms with Crippen LogP contribution in [-0.4, -0.2) is 50.1 Å². The number of hydrogen-bond donors (Lipinski definition) is 3. The van der Waals surface area contributed by atoms with Gasteiger partial charge in [0.25, 0.3) is 0 Å². The van der Waals surface area contributed by atoms with Gasteiger partial charge in [-0.15, -0.1) is 0 Å². The van der Waals surface area contributed by atoms with Crippen molar-refractivity contribution in [3.05, 3.63) is 119 Å². The standard InChI is InChI=1S/C26H33N5O3.C5H4O2/c1-7-13-20(14-8-2)31(17-32)25-23(24(27-5)30-28-6)22(19-15-11-10-12-16-19)21(18(4)29-25)26(33)34-9-3;6-4-5-2-1-3-7-5/h7-8,10-17,22,28-29H,1,9H2,2-6H3,(H,27,30);1-4H/b14-8-,20-13+;. The number of nitrogens with zero attached hydrogens (tertiary/aromatic N) is 2. The molecule has 0 saturated carbocycles. The van der Waals surface area contributed by atoms with E-state index >= 15 is 0 Å². The van der Waals surface area contributed by atoms with Crippen molar-refractivity contribution < 1.29 is 23.5 Å². The first-order valence-electron chi connectivity index (χ1n) is 12.9. The van der Waals surface area contributed by atoms with Gasteiger partial charge in [-0.05, 0) is 50.6 Å². The normalized spacial score (nSPS) is 15.5. The number of esters is 1. The lowest BCUT2D eigenvalue weighted by Gasteiger charge is -2.36. The average molecular weight is 560 g/mol. The largest absolute Gasteiger partial charge is 0.463 e. The molecule has 1 aliphatic heterocycles. The number of ether oxygens (including phenoxy) is 1. The van der Waals surface area contributed by atoms with Crippen LogP contribution < -0.4 is 16.2 Å². The summed E-state index contributed by atoms with van der Waals surface area (Å²) in [6, 6.07) is 12.9. The molecule has 1 aromatic heterocycles. The van der Waals surface area contributed by atoms with Crippen LogP contribution in [0.3, 0.4) is 0 Å². The van der Waals surface area contributed by atoms with Crippen LogP contribution in [0.15, 0.2) is 117 Å². The molecule has 0 fully saturated rings. The van der Waals surface area contributed by atoms with E-state index in [-0.39, 0.29) is 6.61 Å². The topological polar surface area (TPSA) is 125 Å². The van der Waals surface area contributed by atoms with E-state index in [1.165, 1.54) is 11.2 Å². The van der Waals surface area contributed by atoms with Crippen LogP contribution in [0.1, 0.15) is 42.8 Å². The maximum absolute atomic E-state index is 13.2. The van der Waals surface area contributed by atoms with Gasteiger partial charge in [0.2, 0.25) is 6.41 Å². The van der Waals surface area contributed by atoms with Gasteiger partial charge in [0.05, 0.1) is 24.4 Å². The summed E-state index contributed by atoms with van der Waals surface area (Å²) in [6.45, 7) is 9.43. The zero-order valence-corrected chi connectivity index (χ0v) is 24.0. The fourth-order valence-corrected chi connectivity index (χ4v) is 4.18. The van der Waals surface area contributed by atoms with Crippen molar-refractivity contribution in [3.63, 3.8) is 0 Å². The summed E-state index contributed by atoms with van der Waals surface area (Å²) in [7, 11) is 3.35. The number of hydrazine groups is 1. The molecule has 0 radical (unpaired) electrons. The number of allylic oxidation sites excluding steroid dienone is 5. The van der Waals surface area contributed by atoms with E-state index < -0.39 is 11.9 Å². The number of amidine groups is 1. The lowest BCUT2D eigenvalue weighted by Crippen LogP contribution is -2.44. The van der Waals surface area contributed by atoms with E-state index in [4.69, 9.17) is 4.74 Å². The van der Waals surface area contributed by atoms with E-state index in [0.29, 0.717) is 46.2 Å². The lowest BCUT2D eigenvalue weighted by atomic mass is 9.80. The summed E-state index contributed by atoms with van der Waals surface area (Å²) in [5, 5.41) is 3.27. The molecule has 1 amide bonds. The molecular formula is C31H37N5O5. The van der Waals surface area contributed by atoms with Crippen molar-refractivity contribution in [2.24, 2.45) is 4.99 Å². The zero-order chi connectivity index (χ0) is 30.2. The first kappa shape index (κ1) is 32.3. The molecule has 10 nitrogen and oxygen atoms in total. The molecule has 0 aliphatic carbocycles. The smallest absolute Gasteiger partial charge is 0.336 e. The van der Waals surface area contributed by atoms with Crippen molar-refractivity contribution in [3.8, 4) is 0 Å². The third-order valence-electron chi connectivity index (χ3n) is 5.80. The molecule has 41 heavy (non-hydrogen) atoms. The van der Waals surface area contributed by atoms with Gasteiger partial charge in [0.1, 0.15) is 11.7 Å². The highest BCUT2D eigenvalue weighted by Crippen LogP contribution is 2.40. The van der Waals surface area contributed by atoms with Gasteiger partial charge in [-0.3, -0.25) is 19.5 Å². The quantitative estimate of drug-likeness (QED) is 0.0926. The fraction of sp³-hybridized carbons (Fsp3) is 0.226. The molecule has 3 N–H and O–H groups in total. The van der Waals surface area contributed by atoms with Crippen LogP contribution in [0.4, 0.5) is 0 Å². The molecule has 0 saturated heterocycles. The highest BCUT2D eigenvalue weighted by Gasteiger charge is 2.39. The molecular weight excluding hydrogens is 522 g/mol. The molecule has 1 atom stereocenters. The Balaban J connectivity index is 0.000000729. The van der Waals surface area contributed by atoms with E-state index in [1.54, 1.807) is 58.3 Å². The minimum Gasteiger partial charge on any atom is -0.463 e. The minimum absolute atomic E-state index is 0.237. The number of aliphatic imine (C=N–C) groups is 1. The molecule has 0 spiro atoms. The Morgan fingerprint density at radius 2 is 1.93 bits per heavy atom. The Morgan fingerprint density at radius 3 is 2.41 bits per heavy atom. The molecule has 1 unspecified atom stereocenters. The van der Waals surface area contributed by atoms with Gasteiger partial charge < -0.3 is 19.9 Å². The first-order chi connectivity index (χ1) is 19.9. The second-order valence-electron chi connectivity index (χ2n) is 8.37. The van der Waals surface area contributed by atoms with Crippen LogP contribution in [0.25, 0.3) is 0 Å². The Hall–Kier alpha value is -4.96. The molecule has 1 aromatic carbocycles. The third-order valence-corrected chi connectivity index (χ3v) is 5.80. The third kappa shape index (κ3) is 8.26. The summed E-state index contributed by atoms with van der Waals surface area (Å²) in [5.74, 6) is 0.294. The van der Waals surface area contributed by atoms with E-state index in [1.807, 2.05) is 43.3 Å². The summed E-state index contributed by atoms with van der Waals surface area (Å²) in [6.07, 6.45) is 9.81. The number of aldehydes is 1. The Bertz CT molecular complexity index is 1340. The van der Waals surface area contributed by atoms with Gasteiger partial charge in [-0.25, -0.2) is 10.2 Å². The number of furan rings is 1. The van der Waals surface area contributed by atoms with Crippen LogP contribution >= 0.6 is 0 Å². The minimum atomic E-state index is -0.561. The van der Waals surface area contributed by atoms with Crippen LogP contribution in [0, 0.1) is 0 Å². The number of rotatable bonds is 11. The second kappa shape index (κ2) is 16.9. The zero-order valence-electron chi connectivity index (χ0n) is 24.0. The summed E-state index contributed by atoms with van der Waals surface area (Å²) >= 11 is 0. The van der Waals surface area contributed by atoms with Crippen molar-refractivity contribution >= 4 is 24.5 Å². The fourth-order valence-electron chi connectivity index (χ4n) is 4.18. The molecule has 2 aromatic rings. The van der Waals surface area contributed by atoms with Gasteiger partial charge in [-0.1, -0.05) is 49.1 Å². The summed E-state index contributed by atoms with van der Waals surface area (Å²) in [5.41, 5.74) is 9.01. The van der Waals surface area contributed by atoms with Gasteiger partial charge in [0.15, 0.2) is 12.0 Å². The number of hydrogen-bond acceptors (Lipinski definition) is 8. The van der Waals surface area contributed by atoms with Crippen molar-refractivity contribution in [2.75, 3.05) is 20.7 Å². The van der Waals surface area contributed by atoms with Crippen molar-refractivity contribution in [1.82, 2.24) is 21.1 Å². The summed E-state index contributed by atoms with van der Waals surface area (Å²) in [4.78, 5) is 41.3. The second-order valence-corrected chi connectivity index (χ2v) is 8.37. The SMILES string of the molecule is C=C/C=C(\C=C/C)N(C=O)C1=C(C(=NC)NNC)C(c2ccccc2)C(C(=O)OCC)=C(C)N1.O=Cc1ccco1. The Morgan fingerprint density at radius 1 is 1.20 bits per heavy atom. The number of amides is 1. The molecule has 0 bridgehead atoms. The lowest BCUT2D eigenvalue weighted by molar-refractivity contribution is -0.138. The number of dihydropyridines is 1. The van der Waals surface area contributed by atoms with Gasteiger partial charge in [0, 0.05) is 31.1 Å². The van der Waals surface area contributed by atoms with Crippen LogP contribution in [0.5, 0.6) is 0 Å². The van der Waals surface area contributed by atoms with Crippen molar-refractivity contribution in [1.29, 1.82) is 0 Å². The molecule has 1 aliphatic rings. The molecule has 2 heterocycles. The van der Waals surface area contributed by atoms with Crippen molar-refractivity contribution in [2.45, 2.75) is 26.7 Å². The highest BCUT2D eigenvalue weighted by molar-refractivity contribution is 6.05. The van der Waals surface area contributed by atoms with Crippen LogP contribution in [0.2, 0.25) is 0 Å². The predicted molar refractivity (Wildman–Crippen MR) is 159 cm³/mol. The molecule has 216 valence electrons. The predicted octanol–water partition coefficient (Wildman–Crippen LogP) is 4.37. The molecule has 3 rings (SSSR count). The van der Waals surface area contributed by atoms with E-state index in [9.17, 15) is 14.4 Å². The Kier molecular flexibility index (Phi) is 13.3. The maximum Gasteiger partial charge on any atom is 0.336 e. The highest BCUT2D eigenvalue weighted by atomic mass is 16.5. The number of carbonyl (C=O) groups is 3. The monoisotopic (exact) mass is 559 g/mol. The van der Waals surface area contributed by atoms with Gasteiger partial charge >= 0.3 is 5.97 Å². The molecule has 10 heteroatoms. The number of carbonyl (C=O) groups excluding carboxylic acids is 3.